The molecule has 0 aromatic heterocycles. The van der Waals surface area contributed by atoms with Gasteiger partial charge in [0.05, 0.1) is 24.3 Å². The maximum atomic E-state index is 12.2. The predicted molar refractivity (Wildman–Crippen MR) is 70.7 cm³/mol. The van der Waals surface area contributed by atoms with E-state index in [0.29, 0.717) is 24.3 Å². The molecule has 0 saturated carbocycles. The molecule has 1 amide bonds. The number of nitrogens with one attached hydrogen (secondary N) is 1. The molecule has 1 aromatic carbocycles. The van der Waals surface area contributed by atoms with Crippen molar-refractivity contribution in [2.24, 2.45) is 0 Å². The van der Waals surface area contributed by atoms with Gasteiger partial charge in [0, 0.05) is 32.2 Å². The average molecular weight is 259 g/mol. The molecule has 1 fully saturated rings. The first kappa shape index (κ1) is 13.5. The molecular weight excluding hydrogens is 242 g/mol. The van der Waals surface area contributed by atoms with Gasteiger partial charge < -0.3 is 15.0 Å². The highest BCUT2D eigenvalue weighted by molar-refractivity contribution is 5.94. The molecule has 0 aliphatic carbocycles. The van der Waals surface area contributed by atoms with Crippen LogP contribution >= 0.6 is 0 Å². The Morgan fingerprint density at radius 3 is 3.16 bits per heavy atom. The van der Waals surface area contributed by atoms with Crippen molar-refractivity contribution in [2.75, 3.05) is 33.3 Å². The van der Waals surface area contributed by atoms with Crippen LogP contribution in [0.15, 0.2) is 24.3 Å². The molecule has 1 unspecified atom stereocenters. The molecule has 0 spiro atoms. The average Bonchev–Trinajstić information content (AvgIpc) is 2.47. The first-order valence-electron chi connectivity index (χ1n) is 6.28. The Morgan fingerprint density at radius 2 is 2.47 bits per heavy atom. The van der Waals surface area contributed by atoms with Crippen molar-refractivity contribution < 1.29 is 9.53 Å². The molecule has 1 heterocycles. The number of nitriles is 1. The summed E-state index contributed by atoms with van der Waals surface area (Å²) < 4.78 is 5.57. The quantitative estimate of drug-likeness (QED) is 0.864. The molecule has 1 atom stereocenters. The maximum Gasteiger partial charge on any atom is 0.253 e. The van der Waals surface area contributed by atoms with Crippen LogP contribution in [0.1, 0.15) is 15.9 Å². The number of rotatable bonds is 3. The van der Waals surface area contributed by atoms with E-state index < -0.39 is 0 Å². The van der Waals surface area contributed by atoms with Crippen molar-refractivity contribution in [1.82, 2.24) is 10.2 Å². The molecule has 19 heavy (non-hydrogen) atoms. The zero-order chi connectivity index (χ0) is 13.7. The van der Waals surface area contributed by atoms with Gasteiger partial charge in [-0.15, -0.1) is 0 Å². The third-order valence-corrected chi connectivity index (χ3v) is 3.07. The first-order chi connectivity index (χ1) is 9.20. The van der Waals surface area contributed by atoms with Crippen LogP contribution in [-0.2, 0) is 4.74 Å². The van der Waals surface area contributed by atoms with Gasteiger partial charge in [-0.05, 0) is 18.2 Å². The number of carbonyl (C=O) groups is 1. The molecule has 2 rings (SSSR count). The van der Waals surface area contributed by atoms with Crippen LogP contribution in [0.3, 0.4) is 0 Å². The van der Waals surface area contributed by atoms with Crippen molar-refractivity contribution in [3.8, 4) is 6.07 Å². The van der Waals surface area contributed by atoms with Crippen LogP contribution in [0.5, 0.6) is 0 Å². The number of benzene rings is 1. The summed E-state index contributed by atoms with van der Waals surface area (Å²) in [6, 6.07) is 8.77. The summed E-state index contributed by atoms with van der Waals surface area (Å²) in [4.78, 5) is 13.9. The minimum absolute atomic E-state index is 0.0295. The molecular formula is C14H17N3O2. The normalized spacial score (nSPS) is 18.6. The van der Waals surface area contributed by atoms with Gasteiger partial charge in [0.15, 0.2) is 0 Å². The van der Waals surface area contributed by atoms with E-state index in [1.807, 2.05) is 6.07 Å². The third kappa shape index (κ3) is 3.53. The Balaban J connectivity index is 1.99. The van der Waals surface area contributed by atoms with Crippen molar-refractivity contribution in [3.63, 3.8) is 0 Å². The Labute approximate surface area is 112 Å². The molecule has 1 aromatic rings. The Hall–Kier alpha value is -1.90. The summed E-state index contributed by atoms with van der Waals surface area (Å²) in [5, 5.41) is 12.1. The lowest BCUT2D eigenvalue weighted by Crippen LogP contribution is -2.45. The van der Waals surface area contributed by atoms with Crippen molar-refractivity contribution in [3.05, 3.63) is 35.4 Å². The fourth-order valence-corrected chi connectivity index (χ4v) is 2.07. The SMILES string of the molecule is CN(CC1CNCCO1)C(=O)c1cccc(C#N)c1. The lowest BCUT2D eigenvalue weighted by molar-refractivity contribution is 0.0104. The first-order valence-corrected chi connectivity index (χ1v) is 6.28. The standard InChI is InChI=1S/C14H17N3O2/c1-17(10-13-9-16-5-6-19-13)14(18)12-4-2-3-11(7-12)8-15/h2-4,7,13,16H,5-6,9-10H2,1H3. The highest BCUT2D eigenvalue weighted by Gasteiger charge is 2.19. The summed E-state index contributed by atoms with van der Waals surface area (Å²) in [6.45, 7) is 2.84. The van der Waals surface area contributed by atoms with Gasteiger partial charge >= 0.3 is 0 Å². The minimum atomic E-state index is -0.0914. The Bertz CT molecular complexity index is 490. The summed E-state index contributed by atoms with van der Waals surface area (Å²) in [5.74, 6) is -0.0914. The van der Waals surface area contributed by atoms with Crippen LogP contribution in [-0.4, -0.2) is 50.2 Å². The van der Waals surface area contributed by atoms with Crippen LogP contribution in [0, 0.1) is 11.3 Å². The molecule has 5 heteroatoms. The maximum absolute atomic E-state index is 12.2. The minimum Gasteiger partial charge on any atom is -0.374 e. The largest absolute Gasteiger partial charge is 0.374 e. The van der Waals surface area contributed by atoms with E-state index in [1.54, 1.807) is 36.2 Å². The Morgan fingerprint density at radius 1 is 1.63 bits per heavy atom. The molecule has 0 radical (unpaired) electrons. The molecule has 5 nitrogen and oxygen atoms in total. The Kier molecular flexibility index (Phi) is 4.50. The van der Waals surface area contributed by atoms with E-state index in [1.165, 1.54) is 0 Å². The zero-order valence-corrected chi connectivity index (χ0v) is 10.9. The van der Waals surface area contributed by atoms with Gasteiger partial charge in [-0.3, -0.25) is 4.79 Å². The second-order valence-electron chi connectivity index (χ2n) is 4.58. The number of nitrogens with zero attached hydrogens (tertiary/aromatic N) is 2. The number of hydrogen-bond acceptors (Lipinski definition) is 4. The number of hydrogen-bond donors (Lipinski definition) is 1. The van der Waals surface area contributed by atoms with Crippen LogP contribution in [0.4, 0.5) is 0 Å². The molecule has 1 aliphatic heterocycles. The topological polar surface area (TPSA) is 65.4 Å². The summed E-state index contributed by atoms with van der Waals surface area (Å²) in [5.41, 5.74) is 1.03. The van der Waals surface area contributed by atoms with Gasteiger partial charge in [0.2, 0.25) is 0 Å². The van der Waals surface area contributed by atoms with Gasteiger partial charge in [0.1, 0.15) is 0 Å². The van der Waals surface area contributed by atoms with E-state index in [-0.39, 0.29) is 12.0 Å². The number of ether oxygens (including phenoxy) is 1. The van der Waals surface area contributed by atoms with E-state index in [0.717, 1.165) is 13.1 Å². The smallest absolute Gasteiger partial charge is 0.253 e. The third-order valence-electron chi connectivity index (χ3n) is 3.07. The van der Waals surface area contributed by atoms with E-state index in [4.69, 9.17) is 10.00 Å². The molecule has 1 N–H and O–H groups in total. The number of amides is 1. The van der Waals surface area contributed by atoms with Gasteiger partial charge in [-0.1, -0.05) is 6.07 Å². The summed E-state index contributed by atoms with van der Waals surface area (Å²) >= 11 is 0. The zero-order valence-electron chi connectivity index (χ0n) is 10.9. The lowest BCUT2D eigenvalue weighted by Gasteiger charge is -2.28. The van der Waals surface area contributed by atoms with E-state index >= 15 is 0 Å². The lowest BCUT2D eigenvalue weighted by atomic mass is 10.1. The van der Waals surface area contributed by atoms with Crippen molar-refractivity contribution in [2.45, 2.75) is 6.10 Å². The fourth-order valence-electron chi connectivity index (χ4n) is 2.07. The molecule has 1 saturated heterocycles. The van der Waals surface area contributed by atoms with Gasteiger partial charge in [-0.2, -0.15) is 5.26 Å². The summed E-state index contributed by atoms with van der Waals surface area (Å²) in [6.07, 6.45) is 0.0295. The monoisotopic (exact) mass is 259 g/mol. The highest BCUT2D eigenvalue weighted by Crippen LogP contribution is 2.08. The summed E-state index contributed by atoms with van der Waals surface area (Å²) in [7, 11) is 1.75. The number of carbonyl (C=O) groups excluding carboxylic acids is 1. The second-order valence-corrected chi connectivity index (χ2v) is 4.58. The van der Waals surface area contributed by atoms with Gasteiger partial charge in [0.25, 0.3) is 5.91 Å². The predicted octanol–water partition coefficient (Wildman–Crippen LogP) is 0.619. The van der Waals surface area contributed by atoms with Gasteiger partial charge in [-0.25, -0.2) is 0 Å². The van der Waals surface area contributed by atoms with Crippen LogP contribution in [0.25, 0.3) is 0 Å². The van der Waals surface area contributed by atoms with E-state index in [2.05, 4.69) is 5.32 Å². The number of likely N-dealkylation sites (N-methyl/N-ethyl adjacent to an activating group) is 1. The van der Waals surface area contributed by atoms with Crippen LogP contribution < -0.4 is 5.32 Å². The second kappa shape index (κ2) is 6.32. The highest BCUT2D eigenvalue weighted by atomic mass is 16.5. The van der Waals surface area contributed by atoms with Crippen molar-refractivity contribution in [1.29, 1.82) is 5.26 Å². The molecule has 1 aliphatic rings. The number of morpholine rings is 1. The molecule has 100 valence electrons. The van der Waals surface area contributed by atoms with Crippen LogP contribution in [0.2, 0.25) is 0 Å². The molecule has 0 bridgehead atoms. The van der Waals surface area contributed by atoms with E-state index in [9.17, 15) is 4.79 Å². The fraction of sp³-hybridized carbons (Fsp3) is 0.429. The van der Waals surface area contributed by atoms with Crippen molar-refractivity contribution >= 4 is 5.91 Å².